The molecule has 18 heavy (non-hydrogen) atoms. The quantitative estimate of drug-likeness (QED) is 0.778. The lowest BCUT2D eigenvalue weighted by Crippen LogP contribution is -2.15. The van der Waals surface area contributed by atoms with Crippen LogP contribution in [0.2, 0.25) is 0 Å². The summed E-state index contributed by atoms with van der Waals surface area (Å²) >= 11 is 0. The molecule has 0 aliphatic heterocycles. The van der Waals surface area contributed by atoms with E-state index in [4.69, 9.17) is 5.26 Å². The Balaban J connectivity index is 3.13. The third-order valence-electron chi connectivity index (χ3n) is 2.05. The van der Waals surface area contributed by atoms with Gasteiger partial charge in [-0.2, -0.15) is 18.4 Å². The van der Waals surface area contributed by atoms with Crippen LogP contribution >= 0.6 is 0 Å². The number of halogens is 3. The van der Waals surface area contributed by atoms with E-state index in [0.29, 0.717) is 6.20 Å². The van der Waals surface area contributed by atoms with Crippen molar-refractivity contribution in [2.24, 2.45) is 0 Å². The van der Waals surface area contributed by atoms with Gasteiger partial charge < -0.3 is 4.74 Å². The van der Waals surface area contributed by atoms with Gasteiger partial charge >= 0.3 is 12.1 Å². The highest BCUT2D eigenvalue weighted by Gasteiger charge is 2.34. The lowest BCUT2D eigenvalue weighted by atomic mass is 10.1. The Morgan fingerprint density at radius 2 is 2.22 bits per heavy atom. The average molecular weight is 258 g/mol. The molecule has 96 valence electrons. The number of pyridine rings is 1. The maximum atomic E-state index is 12.6. The summed E-state index contributed by atoms with van der Waals surface area (Å²) in [5, 5.41) is 8.58. The van der Waals surface area contributed by atoms with Crippen LogP contribution in [0.5, 0.6) is 0 Å². The molecule has 0 aliphatic carbocycles. The Hall–Kier alpha value is -2.10. The van der Waals surface area contributed by atoms with Gasteiger partial charge in [0.1, 0.15) is 11.8 Å². The topological polar surface area (TPSA) is 63.0 Å². The van der Waals surface area contributed by atoms with Crippen molar-refractivity contribution in [3.05, 3.63) is 29.1 Å². The number of hydrogen-bond acceptors (Lipinski definition) is 4. The molecule has 0 unspecified atom stereocenters. The Morgan fingerprint density at radius 3 is 2.72 bits per heavy atom. The standard InChI is InChI=1S/C11H9F3N2O2/c1-2-18-10(17)4-7-3-8(5-15)16-6-9(7)11(12,13)14/h3,6H,2,4H2,1H3. The van der Waals surface area contributed by atoms with Gasteiger partial charge in [0.05, 0.1) is 18.6 Å². The number of hydrogen-bond donors (Lipinski definition) is 0. The molecular weight excluding hydrogens is 249 g/mol. The van der Waals surface area contributed by atoms with E-state index in [0.717, 1.165) is 6.07 Å². The number of rotatable bonds is 3. The fourth-order valence-corrected chi connectivity index (χ4v) is 1.33. The first-order valence-electron chi connectivity index (χ1n) is 5.00. The number of aromatic nitrogens is 1. The number of ether oxygens (including phenoxy) is 1. The number of alkyl halides is 3. The minimum absolute atomic E-state index is 0.0797. The van der Waals surface area contributed by atoms with Crippen molar-refractivity contribution in [1.82, 2.24) is 4.98 Å². The van der Waals surface area contributed by atoms with Gasteiger partial charge in [0.15, 0.2) is 0 Å². The van der Waals surface area contributed by atoms with Crippen molar-refractivity contribution in [1.29, 1.82) is 5.26 Å². The summed E-state index contributed by atoms with van der Waals surface area (Å²) in [6.07, 6.45) is -4.62. The Morgan fingerprint density at radius 1 is 1.56 bits per heavy atom. The molecule has 0 saturated heterocycles. The van der Waals surface area contributed by atoms with Gasteiger partial charge in [-0.3, -0.25) is 4.79 Å². The molecule has 0 atom stereocenters. The van der Waals surface area contributed by atoms with Gasteiger partial charge in [0, 0.05) is 6.20 Å². The van der Waals surface area contributed by atoms with Crippen molar-refractivity contribution >= 4 is 5.97 Å². The molecule has 0 aliphatic rings. The molecule has 0 amide bonds. The SMILES string of the molecule is CCOC(=O)Cc1cc(C#N)ncc1C(F)(F)F. The van der Waals surface area contributed by atoms with Gasteiger partial charge in [-0.25, -0.2) is 4.98 Å². The normalized spacial score (nSPS) is 10.8. The van der Waals surface area contributed by atoms with Crippen LogP contribution < -0.4 is 0 Å². The van der Waals surface area contributed by atoms with Gasteiger partial charge in [-0.15, -0.1) is 0 Å². The van der Waals surface area contributed by atoms with Gasteiger partial charge in [0.2, 0.25) is 0 Å². The number of nitrogens with zero attached hydrogens (tertiary/aromatic N) is 2. The molecular formula is C11H9F3N2O2. The zero-order chi connectivity index (χ0) is 13.8. The minimum atomic E-state index is -4.62. The van der Waals surface area contributed by atoms with E-state index < -0.39 is 24.1 Å². The van der Waals surface area contributed by atoms with E-state index in [1.54, 1.807) is 13.0 Å². The Bertz CT molecular complexity index is 492. The highest BCUT2D eigenvalue weighted by molar-refractivity contribution is 5.73. The zero-order valence-electron chi connectivity index (χ0n) is 9.41. The summed E-state index contributed by atoms with van der Waals surface area (Å²) in [7, 11) is 0. The molecule has 7 heteroatoms. The molecule has 4 nitrogen and oxygen atoms in total. The van der Waals surface area contributed by atoms with Crippen LogP contribution in [0.3, 0.4) is 0 Å². The lowest BCUT2D eigenvalue weighted by Gasteiger charge is -2.11. The average Bonchev–Trinajstić information content (AvgIpc) is 2.27. The molecule has 0 fully saturated rings. The zero-order valence-corrected chi connectivity index (χ0v) is 9.41. The maximum absolute atomic E-state index is 12.6. The van der Waals surface area contributed by atoms with Crippen LogP contribution in [0.15, 0.2) is 12.3 Å². The van der Waals surface area contributed by atoms with Crippen molar-refractivity contribution in [3.63, 3.8) is 0 Å². The summed E-state index contributed by atoms with van der Waals surface area (Å²) in [6, 6.07) is 2.56. The first-order chi connectivity index (χ1) is 8.38. The number of nitriles is 1. The highest BCUT2D eigenvalue weighted by Crippen LogP contribution is 2.32. The molecule has 0 saturated carbocycles. The molecule has 1 heterocycles. The van der Waals surface area contributed by atoms with Crippen LogP contribution in [0, 0.1) is 11.3 Å². The molecule has 0 bridgehead atoms. The third-order valence-corrected chi connectivity index (χ3v) is 2.05. The molecule has 1 rings (SSSR count). The van der Waals surface area contributed by atoms with E-state index in [-0.39, 0.29) is 17.9 Å². The maximum Gasteiger partial charge on any atom is 0.418 e. The fourth-order valence-electron chi connectivity index (χ4n) is 1.33. The number of carbonyl (C=O) groups is 1. The van der Waals surface area contributed by atoms with E-state index in [9.17, 15) is 18.0 Å². The first-order valence-corrected chi connectivity index (χ1v) is 5.00. The first kappa shape index (κ1) is 14.0. The number of esters is 1. The van der Waals surface area contributed by atoms with E-state index >= 15 is 0 Å². The second-order valence-corrected chi connectivity index (χ2v) is 3.32. The van der Waals surface area contributed by atoms with Crippen LogP contribution in [0.4, 0.5) is 13.2 Å². The van der Waals surface area contributed by atoms with E-state index in [1.807, 2.05) is 0 Å². The summed E-state index contributed by atoms with van der Waals surface area (Å²) in [6.45, 7) is 1.63. The molecule has 0 N–H and O–H groups in total. The smallest absolute Gasteiger partial charge is 0.418 e. The predicted octanol–water partition coefficient (Wildman–Crippen LogP) is 2.08. The minimum Gasteiger partial charge on any atom is -0.466 e. The monoisotopic (exact) mass is 258 g/mol. The summed E-state index contributed by atoms with van der Waals surface area (Å²) in [4.78, 5) is 14.5. The van der Waals surface area contributed by atoms with E-state index in [2.05, 4.69) is 9.72 Å². The second kappa shape index (κ2) is 5.49. The highest BCUT2D eigenvalue weighted by atomic mass is 19.4. The largest absolute Gasteiger partial charge is 0.466 e. The van der Waals surface area contributed by atoms with Crippen molar-refractivity contribution in [2.45, 2.75) is 19.5 Å². The number of carbonyl (C=O) groups excluding carboxylic acids is 1. The molecule has 1 aromatic heterocycles. The molecule has 1 aromatic rings. The Kier molecular flexibility index (Phi) is 4.26. The van der Waals surface area contributed by atoms with Crippen LogP contribution in [-0.2, 0) is 22.1 Å². The molecule has 0 spiro atoms. The summed E-state index contributed by atoms with van der Waals surface area (Å²) < 4.78 is 42.5. The second-order valence-electron chi connectivity index (χ2n) is 3.32. The van der Waals surface area contributed by atoms with Crippen molar-refractivity contribution < 1.29 is 22.7 Å². The Labute approximate surface area is 101 Å². The van der Waals surface area contributed by atoms with Crippen LogP contribution in [-0.4, -0.2) is 17.6 Å². The molecule has 0 radical (unpaired) electrons. The van der Waals surface area contributed by atoms with E-state index in [1.165, 1.54) is 0 Å². The summed E-state index contributed by atoms with van der Waals surface area (Å²) in [5.41, 5.74) is -1.52. The van der Waals surface area contributed by atoms with Gasteiger partial charge in [-0.05, 0) is 18.6 Å². The summed E-state index contributed by atoms with van der Waals surface area (Å²) in [5.74, 6) is -0.780. The predicted molar refractivity (Wildman–Crippen MR) is 54.3 cm³/mol. The van der Waals surface area contributed by atoms with Crippen LogP contribution in [0.25, 0.3) is 0 Å². The van der Waals surface area contributed by atoms with Crippen LogP contribution in [0.1, 0.15) is 23.7 Å². The lowest BCUT2D eigenvalue weighted by molar-refractivity contribution is -0.143. The molecule has 0 aromatic carbocycles. The van der Waals surface area contributed by atoms with Crippen molar-refractivity contribution in [3.8, 4) is 6.07 Å². The van der Waals surface area contributed by atoms with Gasteiger partial charge in [0.25, 0.3) is 0 Å². The fraction of sp³-hybridized carbons (Fsp3) is 0.364. The third kappa shape index (κ3) is 3.45. The van der Waals surface area contributed by atoms with Gasteiger partial charge in [-0.1, -0.05) is 0 Å². The van der Waals surface area contributed by atoms with Crippen molar-refractivity contribution in [2.75, 3.05) is 6.61 Å².